The van der Waals surface area contributed by atoms with Gasteiger partial charge in [0, 0.05) is 31.6 Å². The Morgan fingerprint density at radius 3 is 2.89 bits per heavy atom. The van der Waals surface area contributed by atoms with E-state index >= 15 is 0 Å². The van der Waals surface area contributed by atoms with E-state index in [1.807, 2.05) is 44.4 Å². The van der Waals surface area contributed by atoms with Crippen LogP contribution in [0.2, 0.25) is 0 Å². The van der Waals surface area contributed by atoms with Gasteiger partial charge in [-0.15, -0.1) is 0 Å². The first-order chi connectivity index (χ1) is 8.70. The van der Waals surface area contributed by atoms with Crippen LogP contribution < -0.4 is 0 Å². The molecule has 2 rings (SSSR count). The molecule has 1 aromatic carbocycles. The fourth-order valence-electron chi connectivity index (χ4n) is 1.97. The number of benzene rings is 1. The molecule has 0 unspecified atom stereocenters. The van der Waals surface area contributed by atoms with Crippen LogP contribution in [0.15, 0.2) is 36.5 Å². The summed E-state index contributed by atoms with van der Waals surface area (Å²) < 4.78 is 0. The largest absolute Gasteiger partial charge is 0.341 e. The summed E-state index contributed by atoms with van der Waals surface area (Å²) in [4.78, 5) is 17.9. The van der Waals surface area contributed by atoms with Gasteiger partial charge in [-0.1, -0.05) is 25.1 Å². The maximum Gasteiger partial charge on any atom is 0.222 e. The van der Waals surface area contributed by atoms with E-state index in [0.717, 1.165) is 22.9 Å². The average Bonchev–Trinajstić information content (AvgIpc) is 2.39. The minimum Gasteiger partial charge on any atom is -0.341 e. The van der Waals surface area contributed by atoms with E-state index in [4.69, 9.17) is 0 Å². The molecule has 2 aromatic rings. The Morgan fingerprint density at radius 2 is 2.11 bits per heavy atom. The zero-order chi connectivity index (χ0) is 13.0. The number of hydrogen-bond acceptors (Lipinski definition) is 2. The van der Waals surface area contributed by atoms with Crippen molar-refractivity contribution >= 4 is 16.8 Å². The monoisotopic (exact) mass is 242 g/mol. The molecule has 0 atom stereocenters. The predicted octanol–water partition coefficient (Wildman–Crippen LogP) is 2.99. The molecule has 0 aliphatic carbocycles. The van der Waals surface area contributed by atoms with E-state index in [0.29, 0.717) is 13.0 Å². The highest BCUT2D eigenvalue weighted by atomic mass is 16.2. The quantitative estimate of drug-likeness (QED) is 0.825. The molecule has 1 amide bonds. The van der Waals surface area contributed by atoms with Crippen molar-refractivity contribution < 1.29 is 4.79 Å². The average molecular weight is 242 g/mol. The van der Waals surface area contributed by atoms with Gasteiger partial charge in [-0.3, -0.25) is 9.78 Å². The lowest BCUT2D eigenvalue weighted by atomic mass is 10.1. The van der Waals surface area contributed by atoms with Gasteiger partial charge in [0.15, 0.2) is 0 Å². The topological polar surface area (TPSA) is 33.2 Å². The van der Waals surface area contributed by atoms with E-state index in [2.05, 4.69) is 11.1 Å². The highest BCUT2D eigenvalue weighted by Crippen LogP contribution is 2.14. The van der Waals surface area contributed by atoms with E-state index in [9.17, 15) is 4.79 Å². The van der Waals surface area contributed by atoms with Gasteiger partial charge in [0.25, 0.3) is 0 Å². The van der Waals surface area contributed by atoms with Crippen molar-refractivity contribution in [3.63, 3.8) is 0 Å². The Kier molecular flexibility index (Phi) is 3.92. The number of rotatable bonds is 4. The Hall–Kier alpha value is -1.90. The van der Waals surface area contributed by atoms with E-state index in [1.165, 1.54) is 0 Å². The standard InChI is InChI=1S/C15H18N2O/c1-3-6-15(18)17(2)11-12-9-13-7-4-5-8-14(13)16-10-12/h4-5,7-10H,3,6,11H2,1-2H3. The van der Waals surface area contributed by atoms with Crippen molar-refractivity contribution in [2.45, 2.75) is 26.3 Å². The molecule has 0 aliphatic rings. The summed E-state index contributed by atoms with van der Waals surface area (Å²) in [6, 6.07) is 10.1. The Bertz CT molecular complexity index is 551. The van der Waals surface area contributed by atoms with E-state index in [-0.39, 0.29) is 5.91 Å². The van der Waals surface area contributed by atoms with Crippen LogP contribution in [0.25, 0.3) is 10.9 Å². The van der Waals surface area contributed by atoms with Crippen molar-refractivity contribution in [2.75, 3.05) is 7.05 Å². The van der Waals surface area contributed by atoms with Gasteiger partial charge >= 0.3 is 0 Å². The molecule has 1 aromatic heterocycles. The zero-order valence-corrected chi connectivity index (χ0v) is 10.9. The van der Waals surface area contributed by atoms with Crippen LogP contribution in [0.4, 0.5) is 0 Å². The van der Waals surface area contributed by atoms with Crippen LogP contribution in [0.5, 0.6) is 0 Å². The van der Waals surface area contributed by atoms with Crippen LogP contribution in [-0.2, 0) is 11.3 Å². The Balaban J connectivity index is 2.14. The molecule has 0 radical (unpaired) electrons. The molecular formula is C15H18N2O. The normalized spacial score (nSPS) is 10.6. The molecule has 0 N–H and O–H groups in total. The van der Waals surface area contributed by atoms with Crippen LogP contribution in [0.1, 0.15) is 25.3 Å². The number of para-hydroxylation sites is 1. The molecule has 0 spiro atoms. The first-order valence-corrected chi connectivity index (χ1v) is 6.28. The van der Waals surface area contributed by atoms with E-state index in [1.54, 1.807) is 4.90 Å². The van der Waals surface area contributed by atoms with Crippen molar-refractivity contribution in [1.82, 2.24) is 9.88 Å². The smallest absolute Gasteiger partial charge is 0.222 e. The number of pyridine rings is 1. The van der Waals surface area contributed by atoms with Crippen molar-refractivity contribution in [2.24, 2.45) is 0 Å². The number of hydrogen-bond donors (Lipinski definition) is 0. The fraction of sp³-hybridized carbons (Fsp3) is 0.333. The highest BCUT2D eigenvalue weighted by Gasteiger charge is 2.08. The van der Waals surface area contributed by atoms with Gasteiger partial charge in [0.2, 0.25) is 5.91 Å². The molecular weight excluding hydrogens is 224 g/mol. The minimum atomic E-state index is 0.186. The number of fused-ring (bicyclic) bond motifs is 1. The van der Waals surface area contributed by atoms with Crippen molar-refractivity contribution in [1.29, 1.82) is 0 Å². The summed E-state index contributed by atoms with van der Waals surface area (Å²) in [6.45, 7) is 2.64. The third kappa shape index (κ3) is 2.86. The van der Waals surface area contributed by atoms with Crippen LogP contribution >= 0.6 is 0 Å². The lowest BCUT2D eigenvalue weighted by Crippen LogP contribution is -2.25. The molecule has 3 nitrogen and oxygen atoms in total. The number of aromatic nitrogens is 1. The zero-order valence-electron chi connectivity index (χ0n) is 10.9. The van der Waals surface area contributed by atoms with Crippen LogP contribution in [0.3, 0.4) is 0 Å². The SMILES string of the molecule is CCCC(=O)N(C)Cc1cnc2ccccc2c1. The first-order valence-electron chi connectivity index (χ1n) is 6.28. The Labute approximate surface area is 107 Å². The summed E-state index contributed by atoms with van der Waals surface area (Å²) >= 11 is 0. The van der Waals surface area contributed by atoms with Gasteiger partial charge < -0.3 is 4.90 Å². The number of carbonyl (C=O) groups is 1. The second-order valence-corrected chi connectivity index (χ2v) is 4.54. The molecule has 1 heterocycles. The fourth-order valence-corrected chi connectivity index (χ4v) is 1.97. The Morgan fingerprint density at radius 1 is 1.33 bits per heavy atom. The van der Waals surface area contributed by atoms with Gasteiger partial charge in [-0.05, 0) is 24.1 Å². The number of nitrogens with zero attached hydrogens (tertiary/aromatic N) is 2. The lowest BCUT2D eigenvalue weighted by Gasteiger charge is -2.16. The van der Waals surface area contributed by atoms with Gasteiger partial charge in [-0.25, -0.2) is 0 Å². The third-order valence-corrected chi connectivity index (χ3v) is 2.96. The molecule has 0 aliphatic heterocycles. The summed E-state index contributed by atoms with van der Waals surface area (Å²) in [5, 5.41) is 1.12. The summed E-state index contributed by atoms with van der Waals surface area (Å²) in [5.74, 6) is 0.186. The minimum absolute atomic E-state index is 0.186. The maximum atomic E-state index is 11.7. The maximum absolute atomic E-state index is 11.7. The third-order valence-electron chi connectivity index (χ3n) is 2.96. The number of carbonyl (C=O) groups excluding carboxylic acids is 1. The second-order valence-electron chi connectivity index (χ2n) is 4.54. The van der Waals surface area contributed by atoms with E-state index < -0.39 is 0 Å². The van der Waals surface area contributed by atoms with Gasteiger partial charge in [-0.2, -0.15) is 0 Å². The summed E-state index contributed by atoms with van der Waals surface area (Å²) in [5.41, 5.74) is 2.06. The molecule has 0 saturated heterocycles. The summed E-state index contributed by atoms with van der Waals surface area (Å²) in [6.07, 6.45) is 3.34. The van der Waals surface area contributed by atoms with Crippen LogP contribution in [-0.4, -0.2) is 22.8 Å². The van der Waals surface area contributed by atoms with Crippen molar-refractivity contribution in [3.05, 3.63) is 42.1 Å². The van der Waals surface area contributed by atoms with Gasteiger partial charge in [0.05, 0.1) is 5.52 Å². The molecule has 0 fully saturated rings. The molecule has 3 heteroatoms. The summed E-state index contributed by atoms with van der Waals surface area (Å²) in [7, 11) is 1.84. The van der Waals surface area contributed by atoms with Crippen molar-refractivity contribution in [3.8, 4) is 0 Å². The molecule has 18 heavy (non-hydrogen) atoms. The molecule has 94 valence electrons. The number of amides is 1. The molecule has 0 bridgehead atoms. The first kappa shape index (κ1) is 12.6. The van der Waals surface area contributed by atoms with Crippen LogP contribution in [0, 0.1) is 0 Å². The highest BCUT2D eigenvalue weighted by molar-refractivity contribution is 5.79. The second kappa shape index (κ2) is 5.63. The predicted molar refractivity (Wildman–Crippen MR) is 73.1 cm³/mol. The lowest BCUT2D eigenvalue weighted by molar-refractivity contribution is -0.130. The molecule has 0 saturated carbocycles. The van der Waals surface area contributed by atoms with Gasteiger partial charge in [0.1, 0.15) is 0 Å².